The Morgan fingerprint density at radius 1 is 1.28 bits per heavy atom. The number of carbonyl (C=O) groups is 1. The molecule has 2 aromatic rings. The summed E-state index contributed by atoms with van der Waals surface area (Å²) in [6.07, 6.45) is 2.48. The highest BCUT2D eigenvalue weighted by Gasteiger charge is 2.09. The lowest BCUT2D eigenvalue weighted by atomic mass is 10.2. The number of anilines is 1. The standard InChI is InChI=1S/C13H11FN2O2/c1-9-8-11(14)2-3-12(9)15-13(17)10-4-6-16(18)7-5-10/h2-8H,1H3,(H,15,17). The molecule has 2 rings (SSSR count). The van der Waals surface area contributed by atoms with Crippen molar-refractivity contribution in [1.29, 1.82) is 0 Å². The lowest BCUT2D eigenvalue weighted by Gasteiger charge is -2.08. The van der Waals surface area contributed by atoms with Gasteiger partial charge < -0.3 is 10.5 Å². The van der Waals surface area contributed by atoms with Crippen LogP contribution in [0.3, 0.4) is 0 Å². The Morgan fingerprint density at radius 3 is 2.56 bits per heavy atom. The number of amides is 1. The molecule has 92 valence electrons. The number of hydrogen-bond donors (Lipinski definition) is 1. The Labute approximate surface area is 103 Å². The van der Waals surface area contributed by atoms with Gasteiger partial charge in [-0.25, -0.2) is 4.39 Å². The second-order valence-electron chi connectivity index (χ2n) is 3.86. The summed E-state index contributed by atoms with van der Waals surface area (Å²) in [4.78, 5) is 11.8. The van der Waals surface area contributed by atoms with E-state index < -0.39 is 0 Å². The predicted molar refractivity (Wildman–Crippen MR) is 64.5 cm³/mol. The first-order valence-corrected chi connectivity index (χ1v) is 5.32. The van der Waals surface area contributed by atoms with Crippen LogP contribution >= 0.6 is 0 Å². The first-order chi connectivity index (χ1) is 8.56. The minimum absolute atomic E-state index is 0.342. The van der Waals surface area contributed by atoms with Crippen LogP contribution < -0.4 is 10.0 Å². The highest BCUT2D eigenvalue weighted by Crippen LogP contribution is 2.16. The van der Waals surface area contributed by atoms with Crippen LogP contribution in [0.25, 0.3) is 0 Å². The van der Waals surface area contributed by atoms with Crippen molar-refractivity contribution in [2.75, 3.05) is 5.32 Å². The van der Waals surface area contributed by atoms with Gasteiger partial charge in [0.25, 0.3) is 5.91 Å². The zero-order valence-electron chi connectivity index (χ0n) is 9.68. The Bertz CT molecular complexity index is 582. The van der Waals surface area contributed by atoms with Gasteiger partial charge in [-0.15, -0.1) is 0 Å². The maximum absolute atomic E-state index is 12.9. The van der Waals surface area contributed by atoms with Gasteiger partial charge in [0.2, 0.25) is 0 Å². The van der Waals surface area contributed by atoms with Crippen LogP contribution in [0.2, 0.25) is 0 Å². The first-order valence-electron chi connectivity index (χ1n) is 5.32. The molecule has 0 saturated carbocycles. The highest BCUT2D eigenvalue weighted by molar-refractivity contribution is 6.04. The van der Waals surface area contributed by atoms with Crippen molar-refractivity contribution in [3.8, 4) is 0 Å². The zero-order chi connectivity index (χ0) is 13.1. The zero-order valence-corrected chi connectivity index (χ0v) is 9.68. The van der Waals surface area contributed by atoms with Crippen molar-refractivity contribution in [3.63, 3.8) is 0 Å². The van der Waals surface area contributed by atoms with Gasteiger partial charge in [-0.1, -0.05) is 0 Å². The average molecular weight is 246 g/mol. The molecule has 1 aromatic heterocycles. The van der Waals surface area contributed by atoms with Gasteiger partial charge in [0.05, 0.1) is 5.56 Å². The molecule has 0 saturated heterocycles. The molecule has 0 unspecified atom stereocenters. The number of carbonyl (C=O) groups excluding carboxylic acids is 1. The van der Waals surface area contributed by atoms with E-state index in [1.165, 1.54) is 42.7 Å². The summed E-state index contributed by atoms with van der Waals surface area (Å²) in [6.45, 7) is 1.70. The molecule has 1 amide bonds. The van der Waals surface area contributed by atoms with Crippen LogP contribution in [0, 0.1) is 17.9 Å². The van der Waals surface area contributed by atoms with E-state index in [0.29, 0.717) is 21.5 Å². The van der Waals surface area contributed by atoms with Gasteiger partial charge in [0.15, 0.2) is 12.4 Å². The van der Waals surface area contributed by atoms with E-state index >= 15 is 0 Å². The number of aryl methyl sites for hydroxylation is 1. The SMILES string of the molecule is Cc1cc(F)ccc1NC(=O)c1cc[n+]([O-])cc1. The number of benzene rings is 1. The maximum atomic E-state index is 12.9. The van der Waals surface area contributed by atoms with Crippen molar-refractivity contribution < 1.29 is 13.9 Å². The maximum Gasteiger partial charge on any atom is 0.256 e. The molecule has 0 bridgehead atoms. The van der Waals surface area contributed by atoms with Gasteiger partial charge in [-0.3, -0.25) is 4.79 Å². The minimum Gasteiger partial charge on any atom is -0.619 e. The minimum atomic E-state index is -0.349. The Kier molecular flexibility index (Phi) is 3.23. The van der Waals surface area contributed by atoms with E-state index in [2.05, 4.69) is 5.32 Å². The molecule has 18 heavy (non-hydrogen) atoms. The molecule has 0 spiro atoms. The van der Waals surface area contributed by atoms with Gasteiger partial charge in [-0.05, 0) is 30.7 Å². The van der Waals surface area contributed by atoms with Crippen molar-refractivity contribution in [3.05, 3.63) is 64.9 Å². The average Bonchev–Trinajstić information content (AvgIpc) is 2.33. The molecule has 0 fully saturated rings. The van der Waals surface area contributed by atoms with Crippen molar-refractivity contribution in [1.82, 2.24) is 0 Å². The first kappa shape index (κ1) is 12.0. The second kappa shape index (κ2) is 4.83. The topological polar surface area (TPSA) is 56.0 Å². The summed E-state index contributed by atoms with van der Waals surface area (Å²) in [5, 5.41) is 13.5. The largest absolute Gasteiger partial charge is 0.619 e. The van der Waals surface area contributed by atoms with E-state index in [1.807, 2.05) is 0 Å². The number of nitrogens with zero attached hydrogens (tertiary/aromatic N) is 1. The molecule has 5 heteroatoms. The Balaban J connectivity index is 2.18. The molecule has 1 heterocycles. The van der Waals surface area contributed by atoms with Gasteiger partial charge in [0, 0.05) is 17.8 Å². The summed E-state index contributed by atoms with van der Waals surface area (Å²) >= 11 is 0. The molecule has 0 atom stereocenters. The third-order valence-electron chi connectivity index (χ3n) is 2.50. The lowest BCUT2D eigenvalue weighted by Crippen LogP contribution is -2.25. The van der Waals surface area contributed by atoms with Crippen LogP contribution in [0.15, 0.2) is 42.7 Å². The lowest BCUT2D eigenvalue weighted by molar-refractivity contribution is -0.605. The Hall–Kier alpha value is -2.43. The smallest absolute Gasteiger partial charge is 0.256 e. The second-order valence-corrected chi connectivity index (χ2v) is 3.86. The summed E-state index contributed by atoms with van der Waals surface area (Å²) in [5.41, 5.74) is 1.55. The molecule has 0 aliphatic rings. The molecule has 1 N–H and O–H groups in total. The number of pyridine rings is 1. The summed E-state index contributed by atoms with van der Waals surface area (Å²) < 4.78 is 13.5. The molecule has 0 aliphatic heterocycles. The third kappa shape index (κ3) is 2.63. The number of aromatic nitrogens is 1. The van der Waals surface area contributed by atoms with Crippen LogP contribution in [-0.4, -0.2) is 5.91 Å². The van der Waals surface area contributed by atoms with Crippen LogP contribution in [0.5, 0.6) is 0 Å². The number of nitrogens with one attached hydrogen (secondary N) is 1. The number of rotatable bonds is 2. The summed E-state index contributed by atoms with van der Waals surface area (Å²) in [5.74, 6) is -0.692. The Morgan fingerprint density at radius 2 is 1.94 bits per heavy atom. The van der Waals surface area contributed by atoms with E-state index in [1.54, 1.807) is 6.92 Å². The van der Waals surface area contributed by atoms with Crippen LogP contribution in [0.4, 0.5) is 10.1 Å². The molecule has 1 aromatic carbocycles. The van der Waals surface area contributed by atoms with Crippen LogP contribution in [-0.2, 0) is 0 Å². The highest BCUT2D eigenvalue weighted by atomic mass is 19.1. The fraction of sp³-hybridized carbons (Fsp3) is 0.0769. The third-order valence-corrected chi connectivity index (χ3v) is 2.50. The van der Waals surface area contributed by atoms with Crippen molar-refractivity contribution in [2.45, 2.75) is 6.92 Å². The predicted octanol–water partition coefficient (Wildman–Crippen LogP) is 2.02. The van der Waals surface area contributed by atoms with Gasteiger partial charge in [0.1, 0.15) is 5.82 Å². The number of hydrogen-bond acceptors (Lipinski definition) is 2. The van der Waals surface area contributed by atoms with E-state index in [0.717, 1.165) is 0 Å². The quantitative estimate of drug-likeness (QED) is 0.651. The van der Waals surface area contributed by atoms with Crippen molar-refractivity contribution >= 4 is 11.6 Å². The molecular formula is C13H11FN2O2. The molecule has 4 nitrogen and oxygen atoms in total. The fourth-order valence-corrected chi connectivity index (χ4v) is 1.53. The van der Waals surface area contributed by atoms with E-state index in [4.69, 9.17) is 0 Å². The van der Waals surface area contributed by atoms with E-state index in [9.17, 15) is 14.4 Å². The molecule has 0 aliphatic carbocycles. The summed E-state index contributed by atoms with van der Waals surface area (Å²) in [6, 6.07) is 6.95. The normalized spacial score (nSPS) is 10.1. The molecular weight excluding hydrogens is 235 g/mol. The summed E-state index contributed by atoms with van der Waals surface area (Å²) in [7, 11) is 0. The van der Waals surface area contributed by atoms with Crippen LogP contribution in [0.1, 0.15) is 15.9 Å². The fourth-order valence-electron chi connectivity index (χ4n) is 1.53. The molecule has 0 radical (unpaired) electrons. The van der Waals surface area contributed by atoms with Gasteiger partial charge in [-0.2, -0.15) is 4.73 Å². The van der Waals surface area contributed by atoms with Crippen molar-refractivity contribution in [2.24, 2.45) is 0 Å². The number of halogens is 1. The van der Waals surface area contributed by atoms with E-state index in [-0.39, 0.29) is 11.7 Å². The van der Waals surface area contributed by atoms with Gasteiger partial charge >= 0.3 is 0 Å². The monoisotopic (exact) mass is 246 g/mol.